The summed E-state index contributed by atoms with van der Waals surface area (Å²) in [6.07, 6.45) is 6.44. The van der Waals surface area contributed by atoms with Gasteiger partial charge in [0, 0.05) is 12.5 Å². The summed E-state index contributed by atoms with van der Waals surface area (Å²) < 4.78 is 18.0. The molecular formula is C11H10FO. The van der Waals surface area contributed by atoms with Crippen LogP contribution in [0, 0.1) is 24.2 Å². The van der Waals surface area contributed by atoms with Crippen LogP contribution in [0.4, 0.5) is 4.39 Å². The van der Waals surface area contributed by atoms with Gasteiger partial charge < -0.3 is 4.74 Å². The van der Waals surface area contributed by atoms with E-state index >= 15 is 0 Å². The Morgan fingerprint density at radius 2 is 2.46 bits per heavy atom. The molecule has 0 spiro atoms. The number of rotatable bonds is 4. The number of unbranched alkanes of at least 4 members (excludes halogenated alkanes) is 1. The Morgan fingerprint density at radius 3 is 3.15 bits per heavy atom. The smallest absolute Gasteiger partial charge is 0.172 e. The molecule has 0 bridgehead atoms. The largest absolute Gasteiger partial charge is 0.490 e. The second-order valence-electron chi connectivity index (χ2n) is 2.50. The van der Waals surface area contributed by atoms with Crippen LogP contribution in [-0.4, -0.2) is 6.61 Å². The van der Waals surface area contributed by atoms with Gasteiger partial charge in [-0.05, 0) is 12.5 Å². The van der Waals surface area contributed by atoms with Gasteiger partial charge in [-0.1, -0.05) is 12.1 Å². The Balaban J connectivity index is 2.37. The SMILES string of the molecule is C#CCCCOc1ccc[c]c1F. The lowest BCUT2D eigenvalue weighted by Gasteiger charge is -2.04. The fourth-order valence-corrected chi connectivity index (χ4v) is 0.869. The molecule has 0 aliphatic carbocycles. The molecule has 1 aromatic carbocycles. The van der Waals surface area contributed by atoms with Crippen molar-refractivity contribution in [3.05, 3.63) is 30.1 Å². The van der Waals surface area contributed by atoms with Gasteiger partial charge in [-0.3, -0.25) is 0 Å². The zero-order valence-corrected chi connectivity index (χ0v) is 7.22. The Bertz CT molecular complexity index is 301. The van der Waals surface area contributed by atoms with Crippen LogP contribution in [0.1, 0.15) is 12.8 Å². The molecule has 0 amide bonds. The van der Waals surface area contributed by atoms with Crippen LogP contribution >= 0.6 is 0 Å². The first kappa shape index (κ1) is 9.60. The molecule has 0 fully saturated rings. The first-order chi connectivity index (χ1) is 6.34. The van der Waals surface area contributed by atoms with E-state index in [1.165, 1.54) is 6.07 Å². The first-order valence-corrected chi connectivity index (χ1v) is 4.07. The highest BCUT2D eigenvalue weighted by Gasteiger charge is 1.99. The highest BCUT2D eigenvalue weighted by Crippen LogP contribution is 2.14. The molecule has 0 N–H and O–H groups in total. The van der Waals surface area contributed by atoms with Crippen LogP contribution in [0.15, 0.2) is 18.2 Å². The lowest BCUT2D eigenvalue weighted by molar-refractivity contribution is 0.297. The highest BCUT2D eigenvalue weighted by atomic mass is 19.1. The standard InChI is InChI=1S/C11H10FO/c1-2-3-6-9-13-11-8-5-4-7-10(11)12/h1,4-5,8H,3,6,9H2. The van der Waals surface area contributed by atoms with Crippen molar-refractivity contribution < 1.29 is 9.13 Å². The number of terminal acetylenes is 1. The molecule has 1 nitrogen and oxygen atoms in total. The third-order valence-electron chi connectivity index (χ3n) is 1.49. The Kier molecular flexibility index (Phi) is 3.84. The van der Waals surface area contributed by atoms with Crippen molar-refractivity contribution in [2.24, 2.45) is 0 Å². The predicted molar refractivity (Wildman–Crippen MR) is 48.8 cm³/mol. The second-order valence-corrected chi connectivity index (χ2v) is 2.50. The fourth-order valence-electron chi connectivity index (χ4n) is 0.869. The molecule has 0 saturated carbocycles. The number of hydrogen-bond donors (Lipinski definition) is 0. The van der Waals surface area contributed by atoms with Gasteiger partial charge >= 0.3 is 0 Å². The van der Waals surface area contributed by atoms with Crippen LogP contribution in [0.2, 0.25) is 0 Å². The van der Waals surface area contributed by atoms with Crippen molar-refractivity contribution in [3.63, 3.8) is 0 Å². The average Bonchev–Trinajstić information content (AvgIpc) is 2.15. The molecule has 0 aliphatic heterocycles. The number of ether oxygens (including phenoxy) is 1. The molecule has 0 aromatic heterocycles. The van der Waals surface area contributed by atoms with Gasteiger partial charge in [-0.15, -0.1) is 12.3 Å². The van der Waals surface area contributed by atoms with Crippen LogP contribution in [0.3, 0.4) is 0 Å². The maximum Gasteiger partial charge on any atom is 0.172 e. The summed E-state index contributed by atoms with van der Waals surface area (Å²) in [4.78, 5) is 0. The first-order valence-electron chi connectivity index (χ1n) is 4.07. The third-order valence-corrected chi connectivity index (χ3v) is 1.49. The minimum Gasteiger partial charge on any atom is -0.490 e. The van der Waals surface area contributed by atoms with Crippen molar-refractivity contribution in [1.82, 2.24) is 0 Å². The summed E-state index contributed by atoms with van der Waals surface area (Å²) in [6.45, 7) is 0.443. The zero-order valence-electron chi connectivity index (χ0n) is 7.22. The summed E-state index contributed by atoms with van der Waals surface area (Å²) >= 11 is 0. The second kappa shape index (κ2) is 5.21. The van der Waals surface area contributed by atoms with E-state index in [2.05, 4.69) is 12.0 Å². The monoisotopic (exact) mass is 177 g/mol. The Morgan fingerprint density at radius 1 is 1.62 bits per heavy atom. The lowest BCUT2D eigenvalue weighted by atomic mass is 10.3. The van der Waals surface area contributed by atoms with E-state index in [1.807, 2.05) is 0 Å². The van der Waals surface area contributed by atoms with Gasteiger partial charge in [0.1, 0.15) is 0 Å². The van der Waals surface area contributed by atoms with Crippen LogP contribution in [-0.2, 0) is 0 Å². The summed E-state index contributed by atoms with van der Waals surface area (Å²) in [5.41, 5.74) is 0. The fraction of sp³-hybridized carbons (Fsp3) is 0.273. The van der Waals surface area contributed by atoms with Gasteiger partial charge in [0.05, 0.1) is 6.61 Å². The quantitative estimate of drug-likeness (QED) is 0.507. The van der Waals surface area contributed by atoms with E-state index in [9.17, 15) is 4.39 Å². The molecular weight excluding hydrogens is 167 g/mol. The van der Waals surface area contributed by atoms with Gasteiger partial charge in [-0.2, -0.15) is 0 Å². The molecule has 1 rings (SSSR count). The Labute approximate surface area is 77.5 Å². The summed E-state index contributed by atoms with van der Waals surface area (Å²) in [5.74, 6) is 2.27. The van der Waals surface area contributed by atoms with Crippen LogP contribution in [0.5, 0.6) is 5.75 Å². The molecule has 0 heterocycles. The van der Waals surface area contributed by atoms with Crippen molar-refractivity contribution in [3.8, 4) is 18.1 Å². The van der Waals surface area contributed by atoms with E-state index in [0.717, 1.165) is 6.42 Å². The highest BCUT2D eigenvalue weighted by molar-refractivity contribution is 5.22. The minimum absolute atomic E-state index is 0.236. The van der Waals surface area contributed by atoms with E-state index in [0.29, 0.717) is 13.0 Å². The van der Waals surface area contributed by atoms with E-state index in [4.69, 9.17) is 11.2 Å². The molecule has 1 radical (unpaired) electrons. The summed E-state index contributed by atoms with van der Waals surface area (Å²) in [7, 11) is 0. The predicted octanol–water partition coefficient (Wildman–Crippen LogP) is 2.42. The van der Waals surface area contributed by atoms with Crippen molar-refractivity contribution in [1.29, 1.82) is 0 Å². The Hall–Kier alpha value is -1.49. The van der Waals surface area contributed by atoms with E-state index in [-0.39, 0.29) is 5.75 Å². The molecule has 0 aliphatic rings. The van der Waals surface area contributed by atoms with E-state index in [1.54, 1.807) is 12.1 Å². The maximum atomic E-state index is 12.9. The van der Waals surface area contributed by atoms with Crippen LogP contribution in [0.25, 0.3) is 0 Å². The maximum absolute atomic E-state index is 12.9. The van der Waals surface area contributed by atoms with Gasteiger partial charge in [0.25, 0.3) is 0 Å². The molecule has 2 heteroatoms. The topological polar surface area (TPSA) is 9.23 Å². The van der Waals surface area contributed by atoms with Crippen molar-refractivity contribution in [2.75, 3.05) is 6.61 Å². The average molecular weight is 177 g/mol. The molecule has 0 atom stereocenters. The minimum atomic E-state index is -0.455. The number of halogens is 1. The lowest BCUT2D eigenvalue weighted by Crippen LogP contribution is -1.98. The summed E-state index contributed by atoms with van der Waals surface area (Å²) in [5, 5.41) is 0. The molecule has 67 valence electrons. The number of benzene rings is 1. The van der Waals surface area contributed by atoms with Crippen molar-refractivity contribution >= 4 is 0 Å². The van der Waals surface area contributed by atoms with E-state index < -0.39 is 5.82 Å². The van der Waals surface area contributed by atoms with Crippen molar-refractivity contribution in [2.45, 2.75) is 12.8 Å². The van der Waals surface area contributed by atoms with Gasteiger partial charge in [-0.25, -0.2) is 4.39 Å². The van der Waals surface area contributed by atoms with Crippen LogP contribution < -0.4 is 4.74 Å². The normalized spacial score (nSPS) is 9.23. The zero-order chi connectivity index (χ0) is 9.52. The molecule has 0 saturated heterocycles. The molecule has 1 aromatic rings. The molecule has 13 heavy (non-hydrogen) atoms. The third kappa shape index (κ3) is 3.16. The number of hydrogen-bond acceptors (Lipinski definition) is 1. The van der Waals surface area contributed by atoms with Gasteiger partial charge in [0.15, 0.2) is 11.6 Å². The van der Waals surface area contributed by atoms with Gasteiger partial charge in [0.2, 0.25) is 0 Å². The summed E-state index contributed by atoms with van der Waals surface area (Å²) in [6, 6.07) is 7.16. The molecule has 0 unspecified atom stereocenters.